The van der Waals surface area contributed by atoms with Gasteiger partial charge in [0, 0.05) is 17.2 Å². The van der Waals surface area contributed by atoms with Crippen molar-refractivity contribution >= 4 is 11.6 Å². The van der Waals surface area contributed by atoms with Gasteiger partial charge < -0.3 is 9.84 Å². The Balaban J connectivity index is 1.77. The molecule has 0 bridgehead atoms. The number of aliphatic hydroxyl groups is 1. The molecule has 1 aromatic rings. The molecule has 4 heteroatoms. The molecule has 1 heterocycles. The first kappa shape index (κ1) is 13.3. The van der Waals surface area contributed by atoms with Gasteiger partial charge in [-0.25, -0.2) is 4.39 Å². The normalized spacial score (nSPS) is 27.0. The van der Waals surface area contributed by atoms with Crippen LogP contribution in [0.2, 0.25) is 5.02 Å². The van der Waals surface area contributed by atoms with Crippen LogP contribution in [0.3, 0.4) is 0 Å². The summed E-state index contributed by atoms with van der Waals surface area (Å²) in [5.41, 5.74) is 0.318. The molecule has 2 aliphatic rings. The van der Waals surface area contributed by atoms with Gasteiger partial charge in [0.15, 0.2) is 0 Å². The van der Waals surface area contributed by atoms with Gasteiger partial charge in [-0.05, 0) is 50.2 Å². The monoisotopic (exact) mass is 284 g/mol. The third-order valence-corrected chi connectivity index (χ3v) is 4.76. The minimum absolute atomic E-state index is 0.0349. The van der Waals surface area contributed by atoms with Crippen LogP contribution in [0.1, 0.15) is 43.8 Å². The number of rotatable bonds is 2. The highest BCUT2D eigenvalue weighted by Crippen LogP contribution is 2.47. The highest BCUT2D eigenvalue weighted by atomic mass is 35.5. The van der Waals surface area contributed by atoms with E-state index >= 15 is 0 Å². The van der Waals surface area contributed by atoms with Crippen LogP contribution >= 0.6 is 11.6 Å². The standard InChI is InChI=1S/C15H18ClFO2/c16-11-2-3-12(13(17)8-11)14(18)10-4-7-19-15(9-10)5-1-6-15/h2-3,8,10,14,18H,1,4-7,9H2. The van der Waals surface area contributed by atoms with Gasteiger partial charge in [0.25, 0.3) is 0 Å². The third-order valence-electron chi connectivity index (χ3n) is 4.52. The van der Waals surface area contributed by atoms with Crippen LogP contribution in [-0.2, 0) is 4.74 Å². The fraction of sp³-hybridized carbons (Fsp3) is 0.600. The molecular formula is C15H18ClFO2. The highest BCUT2D eigenvalue weighted by molar-refractivity contribution is 6.30. The molecule has 0 amide bonds. The van der Waals surface area contributed by atoms with Crippen molar-refractivity contribution in [3.8, 4) is 0 Å². The molecule has 1 N–H and O–H groups in total. The summed E-state index contributed by atoms with van der Waals surface area (Å²) in [7, 11) is 0. The Kier molecular flexibility index (Phi) is 3.54. The summed E-state index contributed by atoms with van der Waals surface area (Å²) in [6.07, 6.45) is 4.18. The molecule has 2 atom stereocenters. The molecule has 1 aliphatic carbocycles. The smallest absolute Gasteiger partial charge is 0.130 e. The van der Waals surface area contributed by atoms with Crippen molar-refractivity contribution < 1.29 is 14.2 Å². The first-order valence-corrected chi connectivity index (χ1v) is 7.24. The lowest BCUT2D eigenvalue weighted by molar-refractivity contribution is -0.157. The van der Waals surface area contributed by atoms with Crippen LogP contribution in [0, 0.1) is 11.7 Å². The number of hydrogen-bond acceptors (Lipinski definition) is 2. The molecule has 1 saturated heterocycles. The van der Waals surface area contributed by atoms with E-state index < -0.39 is 11.9 Å². The molecule has 1 aliphatic heterocycles. The van der Waals surface area contributed by atoms with Crippen LogP contribution in [-0.4, -0.2) is 17.3 Å². The summed E-state index contributed by atoms with van der Waals surface area (Å²) in [6, 6.07) is 4.48. The molecule has 19 heavy (non-hydrogen) atoms. The van der Waals surface area contributed by atoms with E-state index in [1.165, 1.54) is 12.5 Å². The van der Waals surface area contributed by atoms with Crippen LogP contribution in [0.15, 0.2) is 18.2 Å². The first-order valence-electron chi connectivity index (χ1n) is 6.87. The van der Waals surface area contributed by atoms with E-state index in [-0.39, 0.29) is 11.5 Å². The van der Waals surface area contributed by atoms with E-state index in [1.54, 1.807) is 12.1 Å². The Labute approximate surface area is 117 Å². The zero-order chi connectivity index (χ0) is 13.5. The number of hydrogen-bond donors (Lipinski definition) is 1. The van der Waals surface area contributed by atoms with Gasteiger partial charge in [-0.15, -0.1) is 0 Å². The SMILES string of the molecule is OC(c1ccc(Cl)cc1F)C1CCOC2(CCC2)C1. The van der Waals surface area contributed by atoms with Gasteiger partial charge in [0.1, 0.15) is 5.82 Å². The van der Waals surface area contributed by atoms with Crippen LogP contribution in [0.25, 0.3) is 0 Å². The van der Waals surface area contributed by atoms with Gasteiger partial charge in [-0.2, -0.15) is 0 Å². The maximum Gasteiger partial charge on any atom is 0.130 e. The molecular weight excluding hydrogens is 267 g/mol. The number of aliphatic hydroxyl groups excluding tert-OH is 1. The van der Waals surface area contributed by atoms with Crippen LogP contribution in [0.5, 0.6) is 0 Å². The van der Waals surface area contributed by atoms with Gasteiger partial charge >= 0.3 is 0 Å². The van der Waals surface area contributed by atoms with Crippen LogP contribution < -0.4 is 0 Å². The average molecular weight is 285 g/mol. The molecule has 3 rings (SSSR count). The summed E-state index contributed by atoms with van der Waals surface area (Å²) in [6.45, 7) is 0.664. The molecule has 1 spiro atoms. The lowest BCUT2D eigenvalue weighted by Crippen LogP contribution is -2.46. The second kappa shape index (κ2) is 5.04. The number of ether oxygens (including phenoxy) is 1. The third kappa shape index (κ3) is 2.51. The van der Waals surface area contributed by atoms with Crippen molar-refractivity contribution in [2.45, 2.75) is 43.8 Å². The summed E-state index contributed by atoms with van der Waals surface area (Å²) in [5.74, 6) is -0.348. The fourth-order valence-electron chi connectivity index (χ4n) is 3.25. The van der Waals surface area contributed by atoms with Crippen molar-refractivity contribution in [2.24, 2.45) is 5.92 Å². The predicted molar refractivity (Wildman–Crippen MR) is 71.6 cm³/mol. The van der Waals surface area contributed by atoms with Gasteiger partial charge in [0.2, 0.25) is 0 Å². The summed E-state index contributed by atoms with van der Waals surface area (Å²) in [5, 5.41) is 10.8. The molecule has 104 valence electrons. The molecule has 2 unspecified atom stereocenters. The summed E-state index contributed by atoms with van der Waals surface area (Å²) < 4.78 is 19.7. The highest BCUT2D eigenvalue weighted by Gasteiger charge is 2.44. The Morgan fingerprint density at radius 1 is 1.42 bits per heavy atom. The maximum atomic E-state index is 13.9. The molecule has 1 saturated carbocycles. The number of benzene rings is 1. The second-order valence-electron chi connectivity index (χ2n) is 5.75. The van der Waals surface area contributed by atoms with Crippen molar-refractivity contribution in [1.29, 1.82) is 0 Å². The lowest BCUT2D eigenvalue weighted by Gasteiger charge is -2.48. The van der Waals surface area contributed by atoms with Crippen molar-refractivity contribution in [3.63, 3.8) is 0 Å². The lowest BCUT2D eigenvalue weighted by atomic mass is 9.70. The second-order valence-corrected chi connectivity index (χ2v) is 6.19. The molecule has 0 radical (unpaired) electrons. The van der Waals surface area contributed by atoms with E-state index in [9.17, 15) is 9.50 Å². The quantitative estimate of drug-likeness (QED) is 0.893. The predicted octanol–water partition coefficient (Wildman–Crippen LogP) is 3.86. The molecule has 1 aromatic carbocycles. The average Bonchev–Trinajstić information content (AvgIpc) is 2.36. The van der Waals surface area contributed by atoms with Crippen LogP contribution in [0.4, 0.5) is 4.39 Å². The topological polar surface area (TPSA) is 29.5 Å². The largest absolute Gasteiger partial charge is 0.388 e. The zero-order valence-corrected chi connectivity index (χ0v) is 11.5. The molecule has 2 nitrogen and oxygen atoms in total. The summed E-state index contributed by atoms with van der Waals surface area (Å²) in [4.78, 5) is 0. The van der Waals surface area contributed by atoms with E-state index in [4.69, 9.17) is 16.3 Å². The molecule has 2 fully saturated rings. The van der Waals surface area contributed by atoms with Gasteiger partial charge in [-0.3, -0.25) is 0 Å². The van der Waals surface area contributed by atoms with Crippen molar-refractivity contribution in [2.75, 3.05) is 6.61 Å². The Morgan fingerprint density at radius 2 is 2.21 bits per heavy atom. The maximum absolute atomic E-state index is 13.9. The van der Waals surface area contributed by atoms with Gasteiger partial charge in [0.05, 0.1) is 11.7 Å². The number of halogens is 2. The van der Waals surface area contributed by atoms with E-state index in [0.29, 0.717) is 17.2 Å². The van der Waals surface area contributed by atoms with Crippen molar-refractivity contribution in [1.82, 2.24) is 0 Å². The zero-order valence-electron chi connectivity index (χ0n) is 10.7. The van der Waals surface area contributed by atoms with E-state index in [2.05, 4.69) is 0 Å². The Hall–Kier alpha value is -0.640. The van der Waals surface area contributed by atoms with E-state index in [1.807, 2.05) is 0 Å². The molecule has 0 aromatic heterocycles. The van der Waals surface area contributed by atoms with Gasteiger partial charge in [-0.1, -0.05) is 17.7 Å². The Morgan fingerprint density at radius 3 is 2.84 bits per heavy atom. The first-order chi connectivity index (χ1) is 9.10. The summed E-state index contributed by atoms with van der Waals surface area (Å²) >= 11 is 5.74. The minimum atomic E-state index is -0.765. The minimum Gasteiger partial charge on any atom is -0.388 e. The van der Waals surface area contributed by atoms with E-state index in [0.717, 1.165) is 25.7 Å². The fourth-order valence-corrected chi connectivity index (χ4v) is 3.41. The Bertz CT molecular complexity index is 473. The van der Waals surface area contributed by atoms with Crippen molar-refractivity contribution in [3.05, 3.63) is 34.6 Å².